The highest BCUT2D eigenvalue weighted by molar-refractivity contribution is 6.30. The third-order valence-electron chi connectivity index (χ3n) is 4.08. The molecular formula is C16H21Cl2N3O3. The summed E-state index contributed by atoms with van der Waals surface area (Å²) in [7, 11) is 1.62. The van der Waals surface area contributed by atoms with Gasteiger partial charge >= 0.3 is 0 Å². The Morgan fingerprint density at radius 3 is 2.75 bits per heavy atom. The van der Waals surface area contributed by atoms with Crippen molar-refractivity contribution in [2.24, 2.45) is 5.73 Å². The van der Waals surface area contributed by atoms with Crippen LogP contribution in [0.15, 0.2) is 22.7 Å². The summed E-state index contributed by atoms with van der Waals surface area (Å²) < 4.78 is 16.1. The first kappa shape index (κ1) is 19.0. The van der Waals surface area contributed by atoms with Crippen molar-refractivity contribution in [3.8, 4) is 17.2 Å². The molecule has 0 spiro atoms. The molecule has 2 N–H and O–H groups in total. The minimum absolute atomic E-state index is 0. The first-order valence-corrected chi connectivity index (χ1v) is 8.05. The van der Waals surface area contributed by atoms with Crippen molar-refractivity contribution in [1.29, 1.82) is 0 Å². The molecule has 6 nitrogen and oxygen atoms in total. The summed E-state index contributed by atoms with van der Waals surface area (Å²) in [5.41, 5.74) is 6.55. The first-order valence-electron chi connectivity index (χ1n) is 7.67. The summed E-state index contributed by atoms with van der Waals surface area (Å²) in [5.74, 6) is 1.54. The van der Waals surface area contributed by atoms with Crippen LogP contribution in [-0.4, -0.2) is 30.5 Å². The van der Waals surface area contributed by atoms with E-state index in [9.17, 15) is 0 Å². The van der Waals surface area contributed by atoms with Crippen molar-refractivity contribution < 1.29 is 14.0 Å². The average molecular weight is 374 g/mol. The lowest BCUT2D eigenvalue weighted by atomic mass is 9.99. The molecule has 2 aromatic rings. The van der Waals surface area contributed by atoms with Gasteiger partial charge in [0.15, 0.2) is 5.82 Å². The number of nitrogens with two attached hydrogens (primary N) is 1. The van der Waals surface area contributed by atoms with E-state index in [0.29, 0.717) is 41.3 Å². The predicted octanol–water partition coefficient (Wildman–Crippen LogP) is 3.57. The van der Waals surface area contributed by atoms with Crippen molar-refractivity contribution in [2.45, 2.75) is 31.2 Å². The predicted molar refractivity (Wildman–Crippen MR) is 93.7 cm³/mol. The number of hydrogen-bond acceptors (Lipinski definition) is 6. The molecule has 3 rings (SSSR count). The fourth-order valence-corrected chi connectivity index (χ4v) is 2.97. The van der Waals surface area contributed by atoms with Gasteiger partial charge in [-0.1, -0.05) is 29.6 Å². The second-order valence-electron chi connectivity index (χ2n) is 5.77. The lowest BCUT2D eigenvalue weighted by Crippen LogP contribution is -2.34. The zero-order valence-corrected chi connectivity index (χ0v) is 15.0. The number of aromatic nitrogens is 2. The highest BCUT2D eigenvalue weighted by Crippen LogP contribution is 2.37. The van der Waals surface area contributed by atoms with E-state index in [4.69, 9.17) is 31.3 Å². The second kappa shape index (κ2) is 8.16. The van der Waals surface area contributed by atoms with Gasteiger partial charge in [-0.25, -0.2) is 0 Å². The molecule has 1 fully saturated rings. The van der Waals surface area contributed by atoms with Gasteiger partial charge in [-0.15, -0.1) is 12.4 Å². The quantitative estimate of drug-likeness (QED) is 0.779. The van der Waals surface area contributed by atoms with Gasteiger partial charge in [-0.05, 0) is 31.0 Å². The van der Waals surface area contributed by atoms with E-state index in [0.717, 1.165) is 25.7 Å². The number of rotatable bonds is 6. The Balaban J connectivity index is 0.00000208. The number of hydrogen-bond donors (Lipinski definition) is 1. The van der Waals surface area contributed by atoms with Gasteiger partial charge in [-0.3, -0.25) is 0 Å². The normalized spacial score (nSPS) is 16.0. The largest absolute Gasteiger partial charge is 0.490 e. The molecule has 0 aliphatic heterocycles. The van der Waals surface area contributed by atoms with E-state index in [1.165, 1.54) is 0 Å². The molecule has 132 valence electrons. The van der Waals surface area contributed by atoms with E-state index in [-0.39, 0.29) is 12.4 Å². The van der Waals surface area contributed by atoms with E-state index < -0.39 is 5.54 Å². The van der Waals surface area contributed by atoms with E-state index >= 15 is 0 Å². The Morgan fingerprint density at radius 1 is 1.29 bits per heavy atom. The molecule has 0 bridgehead atoms. The minimum Gasteiger partial charge on any atom is -0.490 e. The van der Waals surface area contributed by atoms with Crippen LogP contribution in [0, 0.1) is 0 Å². The van der Waals surface area contributed by atoms with E-state index in [1.54, 1.807) is 25.3 Å². The summed E-state index contributed by atoms with van der Waals surface area (Å²) in [6.45, 7) is 0.913. The minimum atomic E-state index is -0.489. The first-order chi connectivity index (χ1) is 11.1. The number of halogens is 2. The second-order valence-corrected chi connectivity index (χ2v) is 6.20. The summed E-state index contributed by atoms with van der Waals surface area (Å²) >= 11 is 6.09. The van der Waals surface area contributed by atoms with Crippen LogP contribution in [0.1, 0.15) is 31.5 Å². The van der Waals surface area contributed by atoms with Crippen molar-refractivity contribution in [3.05, 3.63) is 29.0 Å². The molecule has 1 aliphatic carbocycles. The molecular weight excluding hydrogens is 353 g/mol. The van der Waals surface area contributed by atoms with E-state index in [1.807, 2.05) is 0 Å². The summed E-state index contributed by atoms with van der Waals surface area (Å²) in [6.07, 6.45) is 3.92. The highest BCUT2D eigenvalue weighted by atomic mass is 35.5. The van der Waals surface area contributed by atoms with Gasteiger partial charge in [0.1, 0.15) is 12.4 Å². The molecule has 1 heterocycles. The van der Waals surface area contributed by atoms with Crippen LogP contribution in [-0.2, 0) is 10.3 Å². The zero-order chi connectivity index (χ0) is 16.3. The Kier molecular flexibility index (Phi) is 6.46. The van der Waals surface area contributed by atoms with Gasteiger partial charge in [-0.2, -0.15) is 4.98 Å². The average Bonchev–Trinajstić information content (AvgIpc) is 3.19. The van der Waals surface area contributed by atoms with Crippen LogP contribution in [0.3, 0.4) is 0 Å². The van der Waals surface area contributed by atoms with Crippen LogP contribution < -0.4 is 10.5 Å². The lowest BCUT2D eigenvalue weighted by molar-refractivity contribution is 0.146. The molecule has 1 saturated carbocycles. The molecule has 1 aromatic heterocycles. The Hall–Kier alpha value is -1.34. The fourth-order valence-electron chi connectivity index (χ4n) is 2.79. The van der Waals surface area contributed by atoms with Crippen molar-refractivity contribution >= 4 is 24.0 Å². The maximum atomic E-state index is 6.38. The van der Waals surface area contributed by atoms with Crippen LogP contribution in [0.5, 0.6) is 5.75 Å². The Labute approximate surface area is 152 Å². The number of nitrogens with zero attached hydrogens (tertiary/aromatic N) is 2. The van der Waals surface area contributed by atoms with Crippen LogP contribution in [0.4, 0.5) is 0 Å². The number of methoxy groups -OCH3 is 1. The van der Waals surface area contributed by atoms with Gasteiger partial charge in [0, 0.05) is 12.1 Å². The topological polar surface area (TPSA) is 83.4 Å². The molecule has 0 unspecified atom stereocenters. The third kappa shape index (κ3) is 4.00. The zero-order valence-electron chi connectivity index (χ0n) is 13.5. The molecule has 0 saturated heterocycles. The molecule has 0 radical (unpaired) electrons. The number of benzene rings is 1. The highest BCUT2D eigenvalue weighted by Gasteiger charge is 2.36. The number of ether oxygens (including phenoxy) is 2. The fraction of sp³-hybridized carbons (Fsp3) is 0.500. The molecule has 0 amide bonds. The monoisotopic (exact) mass is 373 g/mol. The van der Waals surface area contributed by atoms with Crippen LogP contribution >= 0.6 is 24.0 Å². The van der Waals surface area contributed by atoms with E-state index in [2.05, 4.69) is 10.1 Å². The van der Waals surface area contributed by atoms with Gasteiger partial charge < -0.3 is 19.7 Å². The molecule has 8 heteroatoms. The van der Waals surface area contributed by atoms with Gasteiger partial charge in [0.2, 0.25) is 0 Å². The van der Waals surface area contributed by atoms with Crippen LogP contribution in [0.2, 0.25) is 5.02 Å². The maximum absolute atomic E-state index is 6.38. The molecule has 24 heavy (non-hydrogen) atoms. The summed E-state index contributed by atoms with van der Waals surface area (Å²) in [5, 5.41) is 4.65. The van der Waals surface area contributed by atoms with Crippen molar-refractivity contribution in [2.75, 3.05) is 20.3 Å². The van der Waals surface area contributed by atoms with Gasteiger partial charge in [0.25, 0.3) is 5.89 Å². The van der Waals surface area contributed by atoms with Crippen molar-refractivity contribution in [1.82, 2.24) is 10.1 Å². The summed E-state index contributed by atoms with van der Waals surface area (Å²) in [4.78, 5) is 4.49. The Bertz CT molecular complexity index is 672. The molecule has 1 aliphatic rings. The summed E-state index contributed by atoms with van der Waals surface area (Å²) in [6, 6.07) is 5.29. The Morgan fingerprint density at radius 2 is 2.04 bits per heavy atom. The van der Waals surface area contributed by atoms with Gasteiger partial charge in [0.05, 0.1) is 17.7 Å². The molecule has 1 aromatic carbocycles. The van der Waals surface area contributed by atoms with Crippen molar-refractivity contribution in [3.63, 3.8) is 0 Å². The lowest BCUT2D eigenvalue weighted by Gasteiger charge is -2.17. The third-order valence-corrected chi connectivity index (χ3v) is 4.32. The maximum Gasteiger partial charge on any atom is 0.261 e. The molecule has 0 atom stereocenters. The standard InChI is InChI=1S/C16H20ClN3O3.ClH/c1-21-8-9-22-13-5-4-11(17)10-12(13)14-19-15(20-23-14)16(18)6-2-3-7-16;/h4-5,10H,2-3,6-9,18H2,1H3;1H. The van der Waals surface area contributed by atoms with Crippen LogP contribution in [0.25, 0.3) is 11.5 Å². The smallest absolute Gasteiger partial charge is 0.261 e. The SMILES string of the molecule is COCCOc1ccc(Cl)cc1-c1nc(C2(N)CCCC2)no1.Cl.